The molecule has 1 rings (SSSR count). The molecule has 3 nitrogen and oxygen atoms in total. The smallest absolute Gasteiger partial charge is 0.178 e. The molecule has 0 atom stereocenters. The molecule has 0 unspecified atom stereocenters. The monoisotopic (exact) mass is 218 g/mol. The molecule has 0 radical (unpaired) electrons. The highest BCUT2D eigenvalue weighted by atomic mass is 16.5. The number of benzene rings is 1. The van der Waals surface area contributed by atoms with Gasteiger partial charge in [-0.05, 0) is 36.8 Å². The molecule has 0 bridgehead atoms. The minimum Gasteiger partial charge on any atom is -0.504 e. The number of phenols is 1. The van der Waals surface area contributed by atoms with E-state index in [2.05, 4.69) is 0 Å². The van der Waals surface area contributed by atoms with Crippen LogP contribution in [0.25, 0.3) is 6.08 Å². The van der Waals surface area contributed by atoms with Crippen LogP contribution in [-0.2, 0) is 4.79 Å². The summed E-state index contributed by atoms with van der Waals surface area (Å²) >= 11 is 0. The molecule has 0 aromatic heterocycles. The lowest BCUT2D eigenvalue weighted by Gasteiger charge is -2.03. The zero-order valence-electron chi connectivity index (χ0n) is 9.31. The Balaban J connectivity index is 2.86. The summed E-state index contributed by atoms with van der Waals surface area (Å²) < 4.78 is 4.96. The third kappa shape index (κ3) is 3.28. The Morgan fingerprint density at radius 3 is 2.75 bits per heavy atom. The van der Waals surface area contributed by atoms with E-state index in [0.717, 1.165) is 5.56 Å². The second-order valence-electron chi connectivity index (χ2n) is 3.17. The van der Waals surface area contributed by atoms with Crippen molar-refractivity contribution in [3.05, 3.63) is 42.0 Å². The van der Waals surface area contributed by atoms with Crippen LogP contribution in [0.2, 0.25) is 0 Å². The molecular formula is C13H14O3. The van der Waals surface area contributed by atoms with Crippen LogP contribution in [0.15, 0.2) is 36.4 Å². The molecule has 1 N–H and O–H groups in total. The van der Waals surface area contributed by atoms with Crippen LogP contribution in [0.4, 0.5) is 0 Å². The molecule has 0 aliphatic rings. The van der Waals surface area contributed by atoms with Gasteiger partial charge in [-0.25, -0.2) is 0 Å². The fourth-order valence-corrected chi connectivity index (χ4v) is 1.20. The summed E-state index contributed by atoms with van der Waals surface area (Å²) in [4.78, 5) is 11.2. The van der Waals surface area contributed by atoms with Crippen molar-refractivity contribution in [3.8, 4) is 11.5 Å². The van der Waals surface area contributed by atoms with Crippen LogP contribution in [0, 0.1) is 0 Å². The van der Waals surface area contributed by atoms with Crippen molar-refractivity contribution in [3.63, 3.8) is 0 Å². The minimum atomic E-state index is -0.0745. The van der Waals surface area contributed by atoms with Gasteiger partial charge in [0.05, 0.1) is 7.11 Å². The maximum Gasteiger partial charge on any atom is 0.178 e. The maximum atomic E-state index is 11.2. The van der Waals surface area contributed by atoms with Crippen molar-refractivity contribution < 1.29 is 14.6 Å². The van der Waals surface area contributed by atoms with E-state index < -0.39 is 0 Å². The van der Waals surface area contributed by atoms with Gasteiger partial charge in [0.15, 0.2) is 17.3 Å². The minimum absolute atomic E-state index is 0.0745. The van der Waals surface area contributed by atoms with Crippen molar-refractivity contribution in [2.75, 3.05) is 7.11 Å². The predicted octanol–water partition coefficient (Wildman–Crippen LogP) is 2.56. The van der Waals surface area contributed by atoms with Gasteiger partial charge in [-0.2, -0.15) is 0 Å². The molecular weight excluding hydrogens is 204 g/mol. The average molecular weight is 218 g/mol. The number of hydrogen-bond acceptors (Lipinski definition) is 3. The molecule has 0 fully saturated rings. The molecule has 0 spiro atoms. The van der Waals surface area contributed by atoms with E-state index in [1.165, 1.54) is 25.3 Å². The fraction of sp³-hybridized carbons (Fsp3) is 0.154. The first-order valence-electron chi connectivity index (χ1n) is 4.89. The Morgan fingerprint density at radius 2 is 2.12 bits per heavy atom. The van der Waals surface area contributed by atoms with E-state index >= 15 is 0 Å². The number of carbonyl (C=O) groups excluding carboxylic acids is 1. The molecule has 1 aromatic carbocycles. The summed E-state index contributed by atoms with van der Waals surface area (Å²) in [6.45, 7) is 1.79. The van der Waals surface area contributed by atoms with E-state index in [1.807, 2.05) is 0 Å². The summed E-state index contributed by atoms with van der Waals surface area (Å²) in [6.07, 6.45) is 6.30. The number of ketones is 1. The molecule has 0 saturated carbocycles. The van der Waals surface area contributed by atoms with Gasteiger partial charge in [0.25, 0.3) is 0 Å². The van der Waals surface area contributed by atoms with Crippen molar-refractivity contribution in [2.45, 2.75) is 6.92 Å². The first kappa shape index (κ1) is 12.0. The first-order valence-corrected chi connectivity index (χ1v) is 4.89. The number of phenolic OH excluding ortho intramolecular Hbond substituents is 1. The number of allylic oxidation sites excluding steroid dienone is 3. The summed E-state index contributed by atoms with van der Waals surface area (Å²) in [7, 11) is 1.48. The third-order valence-electron chi connectivity index (χ3n) is 1.97. The zero-order valence-corrected chi connectivity index (χ0v) is 9.31. The normalized spacial score (nSPS) is 11.1. The molecule has 0 heterocycles. The highest BCUT2D eigenvalue weighted by Gasteiger charge is 2.00. The Morgan fingerprint density at radius 1 is 1.38 bits per heavy atom. The van der Waals surface area contributed by atoms with Crippen LogP contribution in [-0.4, -0.2) is 18.0 Å². The van der Waals surface area contributed by atoms with E-state index in [-0.39, 0.29) is 11.5 Å². The van der Waals surface area contributed by atoms with Crippen LogP contribution < -0.4 is 4.74 Å². The number of carbonyl (C=O) groups is 1. The van der Waals surface area contributed by atoms with E-state index in [0.29, 0.717) is 5.75 Å². The van der Waals surface area contributed by atoms with Gasteiger partial charge in [-0.1, -0.05) is 18.2 Å². The summed E-state index contributed by atoms with van der Waals surface area (Å²) in [5.41, 5.74) is 0.799. The van der Waals surface area contributed by atoms with Crippen LogP contribution >= 0.6 is 0 Å². The zero-order chi connectivity index (χ0) is 12.0. The Hall–Kier alpha value is -2.03. The highest BCUT2D eigenvalue weighted by Crippen LogP contribution is 2.26. The van der Waals surface area contributed by atoms with Crippen molar-refractivity contribution in [2.24, 2.45) is 0 Å². The largest absolute Gasteiger partial charge is 0.504 e. The second-order valence-corrected chi connectivity index (χ2v) is 3.17. The fourth-order valence-electron chi connectivity index (χ4n) is 1.20. The molecule has 84 valence electrons. The summed E-state index contributed by atoms with van der Waals surface area (Å²) in [5.74, 6) is 0.398. The van der Waals surface area contributed by atoms with Gasteiger partial charge in [0.1, 0.15) is 0 Å². The number of hydrogen-bond donors (Lipinski definition) is 1. The molecule has 0 amide bonds. The topological polar surface area (TPSA) is 46.5 Å². The van der Waals surface area contributed by atoms with Crippen LogP contribution in [0.5, 0.6) is 11.5 Å². The number of methoxy groups -OCH3 is 1. The Labute approximate surface area is 94.7 Å². The second kappa shape index (κ2) is 5.75. The van der Waals surface area contributed by atoms with Crippen molar-refractivity contribution in [1.82, 2.24) is 0 Å². The molecule has 1 aromatic rings. The van der Waals surface area contributed by atoms with Crippen LogP contribution in [0.1, 0.15) is 12.5 Å². The molecule has 0 saturated heterocycles. The highest BCUT2D eigenvalue weighted by molar-refractivity contribution is 6.01. The van der Waals surface area contributed by atoms with Gasteiger partial charge in [-0.15, -0.1) is 0 Å². The molecule has 0 aliphatic carbocycles. The lowest BCUT2D eigenvalue weighted by Crippen LogP contribution is -1.86. The van der Waals surface area contributed by atoms with E-state index in [1.54, 1.807) is 31.2 Å². The lowest BCUT2D eigenvalue weighted by atomic mass is 10.1. The lowest BCUT2D eigenvalue weighted by molar-refractivity contribution is -0.110. The van der Waals surface area contributed by atoms with Crippen LogP contribution in [0.3, 0.4) is 0 Å². The SMILES string of the molecule is C/C=C/C(=O)/C=C/c1ccc(O)c(OC)c1. The molecule has 16 heavy (non-hydrogen) atoms. The van der Waals surface area contributed by atoms with Gasteiger partial charge < -0.3 is 9.84 Å². The van der Waals surface area contributed by atoms with Gasteiger partial charge >= 0.3 is 0 Å². The standard InChI is InChI=1S/C13H14O3/c1-3-4-11(14)7-5-10-6-8-12(15)13(9-10)16-2/h3-9,15H,1-2H3/b4-3+,7-5+. The summed E-state index contributed by atoms with van der Waals surface area (Å²) in [6, 6.07) is 4.89. The van der Waals surface area contributed by atoms with Gasteiger partial charge in [-0.3, -0.25) is 4.79 Å². The number of ether oxygens (including phenoxy) is 1. The number of rotatable bonds is 4. The van der Waals surface area contributed by atoms with Crippen molar-refractivity contribution in [1.29, 1.82) is 0 Å². The summed E-state index contributed by atoms with van der Waals surface area (Å²) in [5, 5.41) is 9.37. The molecule has 3 heteroatoms. The quantitative estimate of drug-likeness (QED) is 0.790. The average Bonchev–Trinajstić information content (AvgIpc) is 2.28. The predicted molar refractivity (Wildman–Crippen MR) is 63.5 cm³/mol. The van der Waals surface area contributed by atoms with Gasteiger partial charge in [0.2, 0.25) is 0 Å². The van der Waals surface area contributed by atoms with E-state index in [9.17, 15) is 9.90 Å². The van der Waals surface area contributed by atoms with Crippen molar-refractivity contribution >= 4 is 11.9 Å². The third-order valence-corrected chi connectivity index (χ3v) is 1.97. The Kier molecular flexibility index (Phi) is 4.33. The molecule has 0 aliphatic heterocycles. The maximum absolute atomic E-state index is 11.2. The van der Waals surface area contributed by atoms with Gasteiger partial charge in [0, 0.05) is 0 Å². The van der Waals surface area contributed by atoms with E-state index in [4.69, 9.17) is 4.74 Å². The number of aromatic hydroxyl groups is 1. The first-order chi connectivity index (χ1) is 7.67. The Bertz CT molecular complexity index is 431.